The summed E-state index contributed by atoms with van der Waals surface area (Å²) in [6, 6.07) is -0.853. The lowest BCUT2D eigenvalue weighted by Crippen LogP contribution is -2.45. The van der Waals surface area contributed by atoms with Crippen LogP contribution in [0.1, 0.15) is 200 Å². The molecule has 1 amide bonds. The van der Waals surface area contributed by atoms with Crippen LogP contribution in [0.2, 0.25) is 0 Å². The molecule has 0 aliphatic heterocycles. The quantitative estimate of drug-likeness (QED) is 0.0286. The lowest BCUT2D eigenvalue weighted by atomic mass is 10.0. The first kappa shape index (κ1) is 47.2. The van der Waals surface area contributed by atoms with Crippen molar-refractivity contribution in [2.45, 2.75) is 212 Å². The minimum absolute atomic E-state index is 0.0812. The van der Waals surface area contributed by atoms with E-state index < -0.39 is 20.0 Å². The maximum absolute atomic E-state index is 12.7. The number of rotatable bonds is 38. The highest BCUT2D eigenvalue weighted by atomic mass is 31.2. The van der Waals surface area contributed by atoms with Gasteiger partial charge in [0.15, 0.2) is 0 Å². The van der Waals surface area contributed by atoms with Crippen LogP contribution in [0.25, 0.3) is 0 Å². The Balaban J connectivity index is 4.25. The van der Waals surface area contributed by atoms with E-state index in [4.69, 9.17) is 14.8 Å². The summed E-state index contributed by atoms with van der Waals surface area (Å²) in [5, 5.41) is 13.6. The van der Waals surface area contributed by atoms with Gasteiger partial charge in [-0.15, -0.1) is 0 Å². The van der Waals surface area contributed by atoms with E-state index in [-0.39, 0.29) is 25.7 Å². The summed E-state index contributed by atoms with van der Waals surface area (Å²) in [6.45, 7) is 4.14. The summed E-state index contributed by atoms with van der Waals surface area (Å²) < 4.78 is 22.1. The summed E-state index contributed by atoms with van der Waals surface area (Å²) in [4.78, 5) is 22.6. The average molecular weight is 703 g/mol. The van der Waals surface area contributed by atoms with Crippen molar-refractivity contribution in [2.24, 2.45) is 5.73 Å². The summed E-state index contributed by atoms with van der Waals surface area (Å²) in [6.07, 6.45) is 38.2. The van der Waals surface area contributed by atoms with Crippen molar-refractivity contribution in [1.82, 2.24) is 5.32 Å². The number of carbonyl (C=O) groups is 1. The van der Waals surface area contributed by atoms with E-state index in [1.54, 1.807) is 6.08 Å². The van der Waals surface area contributed by atoms with E-state index in [1.807, 2.05) is 6.08 Å². The van der Waals surface area contributed by atoms with Gasteiger partial charge in [0.1, 0.15) is 0 Å². The van der Waals surface area contributed by atoms with Gasteiger partial charge in [-0.1, -0.05) is 187 Å². The van der Waals surface area contributed by atoms with Gasteiger partial charge in [0.25, 0.3) is 0 Å². The Kier molecular flexibility index (Phi) is 35.5. The largest absolute Gasteiger partial charge is 0.472 e. The van der Waals surface area contributed by atoms with Crippen LogP contribution in [0.15, 0.2) is 12.2 Å². The molecule has 48 heavy (non-hydrogen) atoms. The number of aliphatic hydroxyl groups excluding tert-OH is 1. The Hall–Kier alpha value is -0.760. The molecule has 0 aromatic heterocycles. The number of aliphatic hydroxyl groups is 1. The molecule has 3 unspecified atom stereocenters. The first-order chi connectivity index (χ1) is 23.4. The van der Waals surface area contributed by atoms with Crippen LogP contribution < -0.4 is 11.1 Å². The van der Waals surface area contributed by atoms with E-state index >= 15 is 0 Å². The molecule has 0 aromatic carbocycles. The Morgan fingerprint density at radius 2 is 1.06 bits per heavy atom. The molecule has 0 fully saturated rings. The Morgan fingerprint density at radius 3 is 1.48 bits per heavy atom. The van der Waals surface area contributed by atoms with Gasteiger partial charge in [0, 0.05) is 13.0 Å². The topological polar surface area (TPSA) is 131 Å². The van der Waals surface area contributed by atoms with Gasteiger partial charge in [-0.3, -0.25) is 13.8 Å². The molecule has 0 aliphatic carbocycles. The van der Waals surface area contributed by atoms with Crippen molar-refractivity contribution >= 4 is 13.7 Å². The van der Waals surface area contributed by atoms with Gasteiger partial charge in [-0.25, -0.2) is 4.57 Å². The number of allylic oxidation sites excluding steroid dienone is 1. The zero-order chi connectivity index (χ0) is 35.4. The molecular weight excluding hydrogens is 623 g/mol. The summed E-state index contributed by atoms with van der Waals surface area (Å²) in [5.41, 5.74) is 5.36. The van der Waals surface area contributed by atoms with Crippen LogP contribution in [0.3, 0.4) is 0 Å². The van der Waals surface area contributed by atoms with Crippen molar-refractivity contribution in [3.63, 3.8) is 0 Å². The molecule has 0 bridgehead atoms. The van der Waals surface area contributed by atoms with Crippen LogP contribution in [-0.4, -0.2) is 47.8 Å². The number of hydrogen-bond acceptors (Lipinski definition) is 6. The van der Waals surface area contributed by atoms with Crippen LogP contribution in [-0.2, 0) is 18.4 Å². The fourth-order valence-corrected chi connectivity index (χ4v) is 6.77. The predicted octanol–water partition coefficient (Wildman–Crippen LogP) is 10.8. The summed E-state index contributed by atoms with van der Waals surface area (Å²) in [5.74, 6) is -0.192. The molecule has 8 nitrogen and oxygen atoms in total. The standard InChI is InChI=1S/C39H79N2O6P/c1-3-5-7-9-11-13-15-17-19-20-22-24-26-28-30-32-38(42)37(36-47-48(44,45)46-35-34-40)41-39(43)33-31-29-27-25-23-21-18-16-14-12-10-8-6-4-2/h30,32,37-38,42H,3-29,31,33-36,40H2,1-2H3,(H,41,43)(H,44,45)/b32-30+. The molecule has 286 valence electrons. The fourth-order valence-electron chi connectivity index (χ4n) is 6.01. The number of phosphoric acid groups is 1. The van der Waals surface area contributed by atoms with Crippen LogP contribution in [0.4, 0.5) is 0 Å². The Bertz CT molecular complexity index is 769. The van der Waals surface area contributed by atoms with Crippen molar-refractivity contribution in [1.29, 1.82) is 0 Å². The third-order valence-corrected chi connectivity index (χ3v) is 10.1. The monoisotopic (exact) mass is 703 g/mol. The highest BCUT2D eigenvalue weighted by Gasteiger charge is 2.26. The SMILES string of the molecule is CCCCCCCCCCCCCCC/C=C/C(O)C(COP(=O)(O)OCCN)NC(=O)CCCCCCCCCCCCCCCC. The second-order valence-corrected chi connectivity index (χ2v) is 15.3. The number of carbonyl (C=O) groups excluding carboxylic acids is 1. The molecule has 0 saturated heterocycles. The molecule has 0 spiro atoms. The molecule has 5 N–H and O–H groups in total. The van der Waals surface area contributed by atoms with Crippen molar-refractivity contribution in [3.8, 4) is 0 Å². The normalized spacial score (nSPS) is 14.4. The lowest BCUT2D eigenvalue weighted by Gasteiger charge is -2.23. The van der Waals surface area contributed by atoms with Crippen LogP contribution in [0, 0.1) is 0 Å². The first-order valence-corrected chi connectivity index (χ1v) is 21.8. The highest BCUT2D eigenvalue weighted by molar-refractivity contribution is 7.47. The Morgan fingerprint density at radius 1 is 0.667 bits per heavy atom. The molecule has 0 rings (SSSR count). The number of unbranched alkanes of at least 4 members (excludes halogenated alkanes) is 26. The molecule has 0 aliphatic rings. The molecule has 9 heteroatoms. The summed E-state index contributed by atoms with van der Waals surface area (Å²) >= 11 is 0. The number of amides is 1. The van der Waals surface area contributed by atoms with Crippen molar-refractivity contribution in [3.05, 3.63) is 12.2 Å². The van der Waals surface area contributed by atoms with Gasteiger partial charge >= 0.3 is 7.82 Å². The van der Waals surface area contributed by atoms with E-state index in [0.717, 1.165) is 38.5 Å². The van der Waals surface area contributed by atoms with Gasteiger partial charge in [-0.05, 0) is 19.3 Å². The number of nitrogens with one attached hydrogen (secondary N) is 1. The van der Waals surface area contributed by atoms with E-state index in [9.17, 15) is 19.4 Å². The van der Waals surface area contributed by atoms with E-state index in [2.05, 4.69) is 19.2 Å². The minimum Gasteiger partial charge on any atom is -0.387 e. The zero-order valence-electron chi connectivity index (χ0n) is 31.5. The molecule has 0 aromatic rings. The number of nitrogens with two attached hydrogens (primary N) is 1. The molecule has 3 atom stereocenters. The molecule has 0 heterocycles. The second-order valence-electron chi connectivity index (χ2n) is 13.9. The van der Waals surface area contributed by atoms with Gasteiger partial charge < -0.3 is 21.1 Å². The van der Waals surface area contributed by atoms with E-state index in [1.165, 1.54) is 141 Å². The fraction of sp³-hybridized carbons (Fsp3) is 0.923. The Labute approximate surface area is 296 Å². The van der Waals surface area contributed by atoms with E-state index in [0.29, 0.717) is 6.42 Å². The van der Waals surface area contributed by atoms with Gasteiger partial charge in [0.05, 0.1) is 25.4 Å². The molecular formula is C39H79N2O6P. The highest BCUT2D eigenvalue weighted by Crippen LogP contribution is 2.43. The smallest absolute Gasteiger partial charge is 0.387 e. The average Bonchev–Trinajstić information content (AvgIpc) is 3.07. The minimum atomic E-state index is -4.33. The first-order valence-electron chi connectivity index (χ1n) is 20.3. The van der Waals surface area contributed by atoms with Gasteiger partial charge in [0.2, 0.25) is 5.91 Å². The number of phosphoric ester groups is 1. The third kappa shape index (κ3) is 33.7. The molecule has 0 saturated carbocycles. The van der Waals surface area contributed by atoms with Gasteiger partial charge in [-0.2, -0.15) is 0 Å². The maximum Gasteiger partial charge on any atom is 0.472 e. The lowest BCUT2D eigenvalue weighted by molar-refractivity contribution is -0.123. The summed E-state index contributed by atoms with van der Waals surface area (Å²) in [7, 11) is -4.33. The third-order valence-electron chi connectivity index (χ3n) is 9.11. The zero-order valence-corrected chi connectivity index (χ0v) is 32.4. The molecule has 0 radical (unpaired) electrons. The van der Waals surface area contributed by atoms with Crippen molar-refractivity contribution in [2.75, 3.05) is 19.8 Å². The van der Waals surface area contributed by atoms with Crippen LogP contribution >= 0.6 is 7.82 Å². The maximum atomic E-state index is 12.7. The van der Waals surface area contributed by atoms with Crippen LogP contribution in [0.5, 0.6) is 0 Å². The number of hydrogen-bond donors (Lipinski definition) is 4. The second kappa shape index (κ2) is 36.0. The predicted molar refractivity (Wildman–Crippen MR) is 203 cm³/mol. The van der Waals surface area contributed by atoms with Crippen molar-refractivity contribution < 1.29 is 28.4 Å².